The molecule has 1 heterocycles. The van der Waals surface area contributed by atoms with Crippen molar-refractivity contribution in [2.45, 2.75) is 73.9 Å². The Kier molecular flexibility index (Phi) is 7.15. The van der Waals surface area contributed by atoms with Crippen molar-refractivity contribution in [1.82, 2.24) is 9.80 Å². The number of nitrogens with zero attached hydrogens (tertiary/aromatic N) is 2. The van der Waals surface area contributed by atoms with Crippen LogP contribution in [0.1, 0.15) is 61.7 Å². The topological polar surface area (TPSA) is 77.9 Å². The zero-order valence-electron chi connectivity index (χ0n) is 20.3. The zero-order chi connectivity index (χ0) is 27.2. The lowest BCUT2D eigenvalue weighted by Crippen LogP contribution is -2.53. The SMILES string of the molecule is O=C(O)CCC(=O)N(C1CC1)[C@H]1C2=C(CCC2)N(C(=O)c2ccc(SC(F)(F)F)cc2)C2=CC=C(F)CC21. The first kappa shape index (κ1) is 26.5. The number of alkyl halides is 3. The van der Waals surface area contributed by atoms with E-state index in [0.717, 1.165) is 30.5 Å². The number of fused-ring (bicyclic) bond motifs is 1. The Morgan fingerprint density at radius 1 is 1.05 bits per heavy atom. The van der Waals surface area contributed by atoms with Gasteiger partial charge in [0, 0.05) is 46.7 Å². The van der Waals surface area contributed by atoms with Crippen LogP contribution in [0.15, 0.2) is 64.1 Å². The van der Waals surface area contributed by atoms with Gasteiger partial charge in [0.2, 0.25) is 5.91 Å². The summed E-state index contributed by atoms with van der Waals surface area (Å²) in [5.41, 5.74) is -2.06. The molecule has 38 heavy (non-hydrogen) atoms. The van der Waals surface area contributed by atoms with Crippen LogP contribution in [0.3, 0.4) is 0 Å². The summed E-state index contributed by atoms with van der Waals surface area (Å²) in [5.74, 6) is -2.67. The van der Waals surface area contributed by atoms with E-state index in [1.807, 2.05) is 0 Å². The first-order valence-electron chi connectivity index (χ1n) is 12.5. The van der Waals surface area contributed by atoms with Gasteiger partial charge in [-0.1, -0.05) is 0 Å². The maximum atomic E-state index is 14.7. The third kappa shape index (κ3) is 5.39. The highest BCUT2D eigenvalue weighted by molar-refractivity contribution is 8.00. The van der Waals surface area contributed by atoms with E-state index in [-0.39, 0.29) is 59.3 Å². The van der Waals surface area contributed by atoms with Crippen molar-refractivity contribution in [3.8, 4) is 0 Å². The molecule has 5 rings (SSSR count). The van der Waals surface area contributed by atoms with Crippen LogP contribution < -0.4 is 0 Å². The lowest BCUT2D eigenvalue weighted by atomic mass is 9.78. The average Bonchev–Trinajstić information content (AvgIpc) is 3.57. The largest absolute Gasteiger partial charge is 0.481 e. The summed E-state index contributed by atoms with van der Waals surface area (Å²) in [5, 5.41) is 9.11. The number of benzene rings is 1. The van der Waals surface area contributed by atoms with Gasteiger partial charge >= 0.3 is 11.5 Å². The second kappa shape index (κ2) is 10.2. The van der Waals surface area contributed by atoms with Crippen LogP contribution in [-0.4, -0.2) is 50.3 Å². The second-order valence-electron chi connectivity index (χ2n) is 9.92. The molecule has 6 nitrogen and oxygen atoms in total. The molecule has 1 aliphatic heterocycles. The smallest absolute Gasteiger partial charge is 0.446 e. The summed E-state index contributed by atoms with van der Waals surface area (Å²) in [6, 6.07) is 4.71. The Morgan fingerprint density at radius 3 is 2.39 bits per heavy atom. The lowest BCUT2D eigenvalue weighted by Gasteiger charge is -2.47. The van der Waals surface area contributed by atoms with Crippen molar-refractivity contribution in [3.63, 3.8) is 0 Å². The number of allylic oxidation sites excluding steroid dienone is 4. The molecule has 2 atom stereocenters. The lowest BCUT2D eigenvalue weighted by molar-refractivity contribution is -0.142. The van der Waals surface area contributed by atoms with Gasteiger partial charge in [-0.15, -0.1) is 0 Å². The number of carbonyl (C=O) groups excluding carboxylic acids is 2. The third-order valence-electron chi connectivity index (χ3n) is 7.34. The summed E-state index contributed by atoms with van der Waals surface area (Å²) in [4.78, 5) is 41.5. The average molecular weight is 551 g/mol. The van der Waals surface area contributed by atoms with Crippen LogP contribution in [0.2, 0.25) is 0 Å². The molecule has 1 fully saturated rings. The number of hydrogen-bond acceptors (Lipinski definition) is 4. The predicted molar refractivity (Wildman–Crippen MR) is 131 cm³/mol. The van der Waals surface area contributed by atoms with E-state index in [9.17, 15) is 31.9 Å². The molecule has 0 radical (unpaired) electrons. The molecular weight excluding hydrogens is 524 g/mol. The fourth-order valence-electron chi connectivity index (χ4n) is 5.73. The first-order valence-corrected chi connectivity index (χ1v) is 13.4. The Morgan fingerprint density at radius 2 is 1.76 bits per heavy atom. The summed E-state index contributed by atoms with van der Waals surface area (Å²) in [6.45, 7) is 0. The van der Waals surface area contributed by atoms with Crippen LogP contribution in [0.5, 0.6) is 0 Å². The third-order valence-corrected chi connectivity index (χ3v) is 8.08. The van der Waals surface area contributed by atoms with Crippen LogP contribution >= 0.6 is 11.8 Å². The van der Waals surface area contributed by atoms with E-state index in [0.29, 0.717) is 18.5 Å². The van der Waals surface area contributed by atoms with Crippen LogP contribution in [0.4, 0.5) is 17.6 Å². The molecule has 11 heteroatoms. The second-order valence-corrected chi connectivity index (χ2v) is 11.1. The Balaban J connectivity index is 1.52. The van der Waals surface area contributed by atoms with Crippen molar-refractivity contribution < 1.29 is 37.1 Å². The van der Waals surface area contributed by atoms with Crippen molar-refractivity contribution in [2.75, 3.05) is 0 Å². The standard InChI is InChI=1S/C27H26F4N2O4S/c28-16-6-11-22-20(14-16)25(32(17-7-8-17)23(34)12-13-24(35)36)19-2-1-3-21(19)33(22)26(37)15-4-9-18(10-5-15)38-27(29,30)31/h4-6,9-11,17,20,25H,1-3,7-8,12-14H2,(H,35,36)/t20?,25-/m0/s1. The van der Waals surface area contributed by atoms with Gasteiger partial charge in [0.1, 0.15) is 5.83 Å². The highest BCUT2D eigenvalue weighted by Crippen LogP contribution is 2.50. The molecule has 1 unspecified atom stereocenters. The minimum absolute atomic E-state index is 0.00630. The van der Waals surface area contributed by atoms with Gasteiger partial charge in [-0.2, -0.15) is 13.2 Å². The molecule has 0 saturated heterocycles. The minimum atomic E-state index is -4.44. The Bertz CT molecular complexity index is 1250. The van der Waals surface area contributed by atoms with Crippen LogP contribution in [0.25, 0.3) is 0 Å². The van der Waals surface area contributed by atoms with Crippen molar-refractivity contribution in [3.05, 3.63) is 64.8 Å². The molecule has 0 bridgehead atoms. The van der Waals surface area contributed by atoms with Gasteiger partial charge in [0.15, 0.2) is 0 Å². The molecule has 1 aromatic carbocycles. The normalized spacial score (nSPS) is 22.9. The Hall–Kier alpha value is -3.08. The molecule has 0 aromatic heterocycles. The summed E-state index contributed by atoms with van der Waals surface area (Å²) >= 11 is -0.258. The molecule has 4 aliphatic rings. The molecule has 1 saturated carbocycles. The number of aliphatic carboxylic acids is 1. The van der Waals surface area contributed by atoms with Gasteiger partial charge in [0.05, 0.1) is 12.5 Å². The number of thioether (sulfide) groups is 1. The fourth-order valence-corrected chi connectivity index (χ4v) is 6.27. The van der Waals surface area contributed by atoms with E-state index in [1.165, 1.54) is 30.3 Å². The molecule has 2 amide bonds. The van der Waals surface area contributed by atoms with Crippen molar-refractivity contribution in [2.24, 2.45) is 5.92 Å². The van der Waals surface area contributed by atoms with Crippen LogP contribution in [-0.2, 0) is 9.59 Å². The highest BCUT2D eigenvalue weighted by atomic mass is 32.2. The van der Waals surface area contributed by atoms with Crippen LogP contribution in [0, 0.1) is 5.92 Å². The number of amides is 2. The van der Waals surface area contributed by atoms with E-state index in [2.05, 4.69) is 0 Å². The zero-order valence-corrected chi connectivity index (χ0v) is 21.2. The van der Waals surface area contributed by atoms with Crippen molar-refractivity contribution >= 4 is 29.5 Å². The fraction of sp³-hybridized carbons (Fsp3) is 0.444. The van der Waals surface area contributed by atoms with Gasteiger partial charge in [-0.05, 0) is 85.9 Å². The summed E-state index contributed by atoms with van der Waals surface area (Å²) in [6.07, 6.45) is 5.90. The van der Waals surface area contributed by atoms with E-state index in [4.69, 9.17) is 5.11 Å². The first-order chi connectivity index (χ1) is 18.0. The quantitative estimate of drug-likeness (QED) is 0.324. The van der Waals surface area contributed by atoms with Gasteiger partial charge < -0.3 is 10.0 Å². The molecular formula is C27H26F4N2O4S. The Labute approximate surface area is 221 Å². The maximum absolute atomic E-state index is 14.7. The number of hydrogen-bond donors (Lipinski definition) is 1. The number of halogens is 4. The summed E-state index contributed by atoms with van der Waals surface area (Å²) in [7, 11) is 0. The number of carboxylic acid groups (broad SMARTS) is 1. The molecule has 1 aromatic rings. The minimum Gasteiger partial charge on any atom is -0.481 e. The van der Waals surface area contributed by atoms with Gasteiger partial charge in [0.25, 0.3) is 5.91 Å². The molecule has 1 N–H and O–H groups in total. The number of rotatable bonds is 7. The number of carbonyl (C=O) groups is 3. The molecule has 202 valence electrons. The van der Waals surface area contributed by atoms with Crippen molar-refractivity contribution in [1.29, 1.82) is 0 Å². The van der Waals surface area contributed by atoms with E-state index >= 15 is 0 Å². The van der Waals surface area contributed by atoms with Gasteiger partial charge in [-0.25, -0.2) is 4.39 Å². The number of carboxylic acids is 1. The predicted octanol–water partition coefficient (Wildman–Crippen LogP) is 6.17. The monoisotopic (exact) mass is 550 g/mol. The van der Waals surface area contributed by atoms with E-state index < -0.39 is 29.3 Å². The van der Waals surface area contributed by atoms with Gasteiger partial charge in [-0.3, -0.25) is 19.3 Å². The summed E-state index contributed by atoms with van der Waals surface area (Å²) < 4.78 is 52.9. The molecule has 0 spiro atoms. The molecule has 3 aliphatic carbocycles. The van der Waals surface area contributed by atoms with E-state index in [1.54, 1.807) is 15.9 Å². The highest BCUT2D eigenvalue weighted by Gasteiger charge is 2.50. The maximum Gasteiger partial charge on any atom is 0.446 e.